The van der Waals surface area contributed by atoms with Gasteiger partial charge in [0.1, 0.15) is 5.65 Å². The number of rotatable bonds is 2. The van der Waals surface area contributed by atoms with E-state index in [2.05, 4.69) is 76.4 Å². The summed E-state index contributed by atoms with van der Waals surface area (Å²) in [6.07, 6.45) is 7.39. The number of benzene rings is 2. The number of fused-ring (bicyclic) bond motifs is 2. The molecular formula is C23H21N3. The first-order chi connectivity index (χ1) is 12.8. The van der Waals surface area contributed by atoms with Crippen molar-refractivity contribution in [1.82, 2.24) is 9.97 Å². The molecule has 0 bridgehead atoms. The van der Waals surface area contributed by atoms with Crippen LogP contribution in [0.15, 0.2) is 67.0 Å². The van der Waals surface area contributed by atoms with Crippen LogP contribution in [0.4, 0.5) is 5.69 Å². The normalized spacial score (nSPS) is 14.8. The molecule has 2 aromatic carbocycles. The summed E-state index contributed by atoms with van der Waals surface area (Å²) in [6, 6.07) is 17.5. The van der Waals surface area contributed by atoms with Gasteiger partial charge in [-0.1, -0.05) is 42.5 Å². The SMILES string of the molecule is Cc1c(N2CC=C(c3ccc4ccccc4c3)CC2)cnc2[nH]ccc12. The maximum atomic E-state index is 4.57. The van der Waals surface area contributed by atoms with Crippen LogP contribution in [-0.2, 0) is 0 Å². The molecule has 0 unspecified atom stereocenters. The van der Waals surface area contributed by atoms with E-state index >= 15 is 0 Å². The van der Waals surface area contributed by atoms with Crippen LogP contribution in [0, 0.1) is 6.92 Å². The minimum absolute atomic E-state index is 0.931. The molecule has 5 rings (SSSR count). The van der Waals surface area contributed by atoms with Crippen LogP contribution in [0.5, 0.6) is 0 Å². The van der Waals surface area contributed by atoms with Gasteiger partial charge in [-0.15, -0.1) is 0 Å². The second kappa shape index (κ2) is 6.03. The Hall–Kier alpha value is -3.07. The predicted octanol–water partition coefficient (Wildman–Crippen LogP) is 5.32. The van der Waals surface area contributed by atoms with Crippen molar-refractivity contribution >= 4 is 33.1 Å². The highest BCUT2D eigenvalue weighted by molar-refractivity contribution is 5.87. The van der Waals surface area contributed by atoms with E-state index in [1.807, 2.05) is 12.4 Å². The zero-order valence-electron chi connectivity index (χ0n) is 14.9. The van der Waals surface area contributed by atoms with Gasteiger partial charge in [0.15, 0.2) is 0 Å². The van der Waals surface area contributed by atoms with Crippen LogP contribution in [-0.4, -0.2) is 23.1 Å². The second-order valence-electron chi connectivity index (χ2n) is 7.00. The maximum Gasteiger partial charge on any atom is 0.137 e. The molecule has 4 aromatic rings. The summed E-state index contributed by atoms with van der Waals surface area (Å²) in [6.45, 7) is 4.15. The van der Waals surface area contributed by atoms with Crippen molar-refractivity contribution in [3.05, 3.63) is 78.1 Å². The van der Waals surface area contributed by atoms with Crippen molar-refractivity contribution in [3.63, 3.8) is 0 Å². The molecular weight excluding hydrogens is 318 g/mol. The van der Waals surface area contributed by atoms with Crippen molar-refractivity contribution in [2.24, 2.45) is 0 Å². The van der Waals surface area contributed by atoms with Gasteiger partial charge in [0.05, 0.1) is 11.9 Å². The molecule has 1 aliphatic heterocycles. The zero-order valence-corrected chi connectivity index (χ0v) is 14.9. The number of hydrogen-bond donors (Lipinski definition) is 1. The monoisotopic (exact) mass is 339 g/mol. The average molecular weight is 339 g/mol. The molecule has 0 saturated heterocycles. The smallest absolute Gasteiger partial charge is 0.137 e. The third kappa shape index (κ3) is 2.48. The van der Waals surface area contributed by atoms with Crippen LogP contribution in [0.3, 0.4) is 0 Å². The lowest BCUT2D eigenvalue weighted by Gasteiger charge is -2.29. The number of nitrogens with zero attached hydrogens (tertiary/aromatic N) is 2. The molecule has 0 amide bonds. The lowest BCUT2D eigenvalue weighted by Crippen LogP contribution is -2.29. The Morgan fingerprint density at radius 2 is 1.92 bits per heavy atom. The molecule has 0 fully saturated rings. The average Bonchev–Trinajstić information content (AvgIpc) is 3.18. The largest absolute Gasteiger partial charge is 0.366 e. The molecule has 0 spiro atoms. The fourth-order valence-corrected chi connectivity index (χ4v) is 3.99. The third-order valence-corrected chi connectivity index (χ3v) is 5.50. The van der Waals surface area contributed by atoms with Crippen molar-refractivity contribution in [3.8, 4) is 0 Å². The number of H-pyrrole nitrogens is 1. The highest BCUT2D eigenvalue weighted by atomic mass is 15.1. The number of nitrogens with one attached hydrogen (secondary N) is 1. The fraction of sp³-hybridized carbons (Fsp3) is 0.174. The van der Waals surface area contributed by atoms with Crippen LogP contribution in [0.2, 0.25) is 0 Å². The number of aromatic amines is 1. The highest BCUT2D eigenvalue weighted by Crippen LogP contribution is 2.31. The molecule has 3 heterocycles. The zero-order chi connectivity index (χ0) is 17.5. The fourth-order valence-electron chi connectivity index (χ4n) is 3.99. The van der Waals surface area contributed by atoms with E-state index in [0.29, 0.717) is 0 Å². The first-order valence-corrected chi connectivity index (χ1v) is 9.15. The molecule has 2 aromatic heterocycles. The molecule has 0 atom stereocenters. The lowest BCUT2D eigenvalue weighted by atomic mass is 9.96. The van der Waals surface area contributed by atoms with Crippen molar-refractivity contribution in [2.75, 3.05) is 18.0 Å². The molecule has 3 heteroatoms. The molecule has 3 nitrogen and oxygen atoms in total. The van der Waals surface area contributed by atoms with E-state index in [0.717, 1.165) is 25.2 Å². The van der Waals surface area contributed by atoms with E-state index in [1.165, 1.54) is 38.5 Å². The molecule has 0 saturated carbocycles. The standard InChI is InChI=1S/C23H21N3/c1-16-21-8-11-24-23(21)25-15-22(16)26-12-9-18(10-13-26)20-7-6-17-4-2-3-5-19(17)14-20/h2-9,11,14-15H,10,12-13H2,1H3,(H,24,25). The number of pyridine rings is 1. The number of aryl methyl sites for hydroxylation is 1. The Labute approximate surface area is 153 Å². The Balaban J connectivity index is 1.44. The number of aromatic nitrogens is 2. The van der Waals surface area contributed by atoms with Gasteiger partial charge in [-0.25, -0.2) is 4.98 Å². The number of anilines is 1. The Morgan fingerprint density at radius 1 is 1.04 bits per heavy atom. The first kappa shape index (κ1) is 15.2. The van der Waals surface area contributed by atoms with Gasteiger partial charge in [-0.3, -0.25) is 0 Å². The summed E-state index contributed by atoms with van der Waals surface area (Å²) in [7, 11) is 0. The molecule has 0 radical (unpaired) electrons. The minimum Gasteiger partial charge on any atom is -0.366 e. The van der Waals surface area contributed by atoms with Crippen LogP contribution in [0.1, 0.15) is 17.5 Å². The van der Waals surface area contributed by atoms with Crippen LogP contribution in [0.25, 0.3) is 27.4 Å². The van der Waals surface area contributed by atoms with Crippen molar-refractivity contribution in [1.29, 1.82) is 0 Å². The van der Waals surface area contributed by atoms with E-state index in [-0.39, 0.29) is 0 Å². The number of hydrogen-bond acceptors (Lipinski definition) is 2. The lowest BCUT2D eigenvalue weighted by molar-refractivity contribution is 0.828. The Morgan fingerprint density at radius 3 is 2.77 bits per heavy atom. The summed E-state index contributed by atoms with van der Waals surface area (Å²) in [5.74, 6) is 0. The van der Waals surface area contributed by atoms with Gasteiger partial charge in [-0.2, -0.15) is 0 Å². The van der Waals surface area contributed by atoms with Gasteiger partial charge in [0.2, 0.25) is 0 Å². The summed E-state index contributed by atoms with van der Waals surface area (Å²) in [5.41, 5.74) is 6.31. The van der Waals surface area contributed by atoms with Gasteiger partial charge in [0, 0.05) is 24.7 Å². The van der Waals surface area contributed by atoms with Crippen molar-refractivity contribution in [2.45, 2.75) is 13.3 Å². The van der Waals surface area contributed by atoms with Gasteiger partial charge >= 0.3 is 0 Å². The highest BCUT2D eigenvalue weighted by Gasteiger charge is 2.17. The van der Waals surface area contributed by atoms with E-state index in [4.69, 9.17) is 0 Å². The molecule has 1 aliphatic rings. The molecule has 128 valence electrons. The quantitative estimate of drug-likeness (QED) is 0.536. The third-order valence-electron chi connectivity index (χ3n) is 5.50. The van der Waals surface area contributed by atoms with E-state index < -0.39 is 0 Å². The topological polar surface area (TPSA) is 31.9 Å². The van der Waals surface area contributed by atoms with Gasteiger partial charge in [-0.05, 0) is 52.9 Å². The summed E-state index contributed by atoms with van der Waals surface area (Å²) < 4.78 is 0. The summed E-state index contributed by atoms with van der Waals surface area (Å²) in [5, 5.41) is 3.83. The Kier molecular flexibility index (Phi) is 3.52. The summed E-state index contributed by atoms with van der Waals surface area (Å²) >= 11 is 0. The Bertz CT molecular complexity index is 1140. The molecule has 0 aliphatic carbocycles. The van der Waals surface area contributed by atoms with Gasteiger partial charge in [0.25, 0.3) is 0 Å². The first-order valence-electron chi connectivity index (χ1n) is 9.15. The van der Waals surface area contributed by atoms with Crippen molar-refractivity contribution < 1.29 is 0 Å². The van der Waals surface area contributed by atoms with E-state index in [1.54, 1.807) is 0 Å². The van der Waals surface area contributed by atoms with Crippen LogP contribution >= 0.6 is 0 Å². The van der Waals surface area contributed by atoms with Gasteiger partial charge < -0.3 is 9.88 Å². The molecule has 1 N–H and O–H groups in total. The predicted molar refractivity (Wildman–Crippen MR) is 110 cm³/mol. The minimum atomic E-state index is 0.931. The van der Waals surface area contributed by atoms with Crippen LogP contribution < -0.4 is 4.90 Å². The molecule has 26 heavy (non-hydrogen) atoms. The summed E-state index contributed by atoms with van der Waals surface area (Å²) in [4.78, 5) is 10.2. The van der Waals surface area contributed by atoms with E-state index in [9.17, 15) is 0 Å². The maximum absolute atomic E-state index is 4.57. The second-order valence-corrected chi connectivity index (χ2v) is 7.00.